The number of aryl methyl sites for hydroxylation is 1. The maximum Gasteiger partial charge on any atom is 0.317 e. The summed E-state index contributed by atoms with van der Waals surface area (Å²) in [5.41, 5.74) is 4.51. The molecule has 2 aromatic carbocycles. The highest BCUT2D eigenvalue weighted by atomic mass is 16.5. The van der Waals surface area contributed by atoms with Gasteiger partial charge in [0.05, 0.1) is 6.54 Å². The number of carboxylic acids is 1. The van der Waals surface area contributed by atoms with Crippen LogP contribution in [-0.4, -0.2) is 28.2 Å². The topological polar surface area (TPSA) is 77.8 Å². The molecule has 146 valence electrons. The predicted molar refractivity (Wildman–Crippen MR) is 105 cm³/mol. The molecule has 6 nitrogen and oxygen atoms in total. The lowest BCUT2D eigenvalue weighted by Crippen LogP contribution is -2.10. The number of carboxylic acid groups (broad SMARTS) is 1. The first kappa shape index (κ1) is 19.5. The van der Waals surface area contributed by atoms with Gasteiger partial charge in [-0.05, 0) is 43.2 Å². The molecule has 0 bridgehead atoms. The first-order chi connectivity index (χ1) is 13.5. The molecule has 28 heavy (non-hydrogen) atoms. The van der Waals surface area contributed by atoms with Gasteiger partial charge in [0.2, 0.25) is 0 Å². The number of aliphatic carboxylic acids is 1. The molecule has 1 aromatic heterocycles. The molecule has 0 amide bonds. The van der Waals surface area contributed by atoms with Gasteiger partial charge in [0.1, 0.15) is 25.4 Å². The Bertz CT molecular complexity index is 988. The van der Waals surface area contributed by atoms with Crippen molar-refractivity contribution in [1.82, 2.24) is 4.57 Å². The van der Waals surface area contributed by atoms with Crippen LogP contribution in [-0.2, 0) is 27.5 Å². The highest BCUT2D eigenvalue weighted by Gasteiger charge is 2.10. The zero-order chi connectivity index (χ0) is 20.1. The van der Waals surface area contributed by atoms with E-state index in [0.717, 1.165) is 17.9 Å². The van der Waals surface area contributed by atoms with E-state index in [1.54, 1.807) is 12.1 Å². The van der Waals surface area contributed by atoms with Crippen LogP contribution in [0.2, 0.25) is 0 Å². The average molecular weight is 381 g/mol. The van der Waals surface area contributed by atoms with Gasteiger partial charge in [-0.1, -0.05) is 30.3 Å². The summed E-state index contributed by atoms with van der Waals surface area (Å²) in [6.45, 7) is 5.58. The Kier molecular flexibility index (Phi) is 5.99. The van der Waals surface area contributed by atoms with Crippen molar-refractivity contribution < 1.29 is 24.2 Å². The van der Waals surface area contributed by atoms with Crippen molar-refractivity contribution in [3.05, 3.63) is 65.4 Å². The second-order valence-electron chi connectivity index (χ2n) is 6.60. The van der Waals surface area contributed by atoms with Crippen LogP contribution < -0.4 is 4.74 Å². The number of rotatable bonds is 8. The first-order valence-electron chi connectivity index (χ1n) is 9.09. The SMILES string of the molecule is Cc1c(C)n(CCOc2ccc(COC(=O)CC(=O)O)cc2)c2ccccc12. The number of ether oxygens (including phenoxy) is 2. The van der Waals surface area contributed by atoms with Gasteiger partial charge in [-0.15, -0.1) is 0 Å². The van der Waals surface area contributed by atoms with Crippen LogP contribution >= 0.6 is 0 Å². The Labute approximate surface area is 163 Å². The number of benzene rings is 2. The van der Waals surface area contributed by atoms with Gasteiger partial charge in [-0.25, -0.2) is 0 Å². The number of nitrogens with zero attached hydrogens (tertiary/aromatic N) is 1. The maximum absolute atomic E-state index is 11.3. The molecule has 1 N–H and O–H groups in total. The van der Waals surface area contributed by atoms with Crippen molar-refractivity contribution in [2.24, 2.45) is 0 Å². The summed E-state index contributed by atoms with van der Waals surface area (Å²) in [5.74, 6) is -1.22. The molecule has 0 radical (unpaired) electrons. The summed E-state index contributed by atoms with van der Waals surface area (Å²) < 4.78 is 13.0. The monoisotopic (exact) mass is 381 g/mol. The predicted octanol–water partition coefficient (Wildman–Crippen LogP) is 3.86. The second-order valence-corrected chi connectivity index (χ2v) is 6.60. The van der Waals surface area contributed by atoms with E-state index < -0.39 is 18.4 Å². The Morgan fingerprint density at radius 3 is 2.46 bits per heavy atom. The van der Waals surface area contributed by atoms with Crippen molar-refractivity contribution >= 4 is 22.8 Å². The van der Waals surface area contributed by atoms with Gasteiger partial charge < -0.3 is 19.1 Å². The van der Waals surface area contributed by atoms with Crippen LogP contribution in [0.4, 0.5) is 0 Å². The molecule has 3 rings (SSSR count). The van der Waals surface area contributed by atoms with Crippen molar-refractivity contribution in [2.75, 3.05) is 6.61 Å². The number of hydrogen-bond donors (Lipinski definition) is 1. The summed E-state index contributed by atoms with van der Waals surface area (Å²) in [6.07, 6.45) is -0.631. The van der Waals surface area contributed by atoms with Crippen LogP contribution in [0.15, 0.2) is 48.5 Å². The van der Waals surface area contributed by atoms with Crippen LogP contribution in [0.5, 0.6) is 5.75 Å². The number of fused-ring (bicyclic) bond motifs is 1. The summed E-state index contributed by atoms with van der Waals surface area (Å²) >= 11 is 0. The van der Waals surface area contributed by atoms with Gasteiger partial charge in [0.15, 0.2) is 0 Å². The molecule has 0 atom stereocenters. The van der Waals surface area contributed by atoms with Crippen molar-refractivity contribution in [3.8, 4) is 5.75 Å². The van der Waals surface area contributed by atoms with Gasteiger partial charge in [0.25, 0.3) is 0 Å². The highest BCUT2D eigenvalue weighted by Crippen LogP contribution is 2.24. The summed E-state index contributed by atoms with van der Waals surface area (Å²) in [6, 6.07) is 15.6. The number of carbonyl (C=O) groups excluding carboxylic acids is 1. The Morgan fingerprint density at radius 2 is 1.75 bits per heavy atom. The van der Waals surface area contributed by atoms with Gasteiger partial charge >= 0.3 is 11.9 Å². The van der Waals surface area contributed by atoms with E-state index >= 15 is 0 Å². The molecule has 0 aliphatic carbocycles. The Morgan fingerprint density at radius 1 is 1.04 bits per heavy atom. The third kappa shape index (κ3) is 4.52. The molecule has 0 saturated carbocycles. The molecule has 0 spiro atoms. The largest absolute Gasteiger partial charge is 0.492 e. The van der Waals surface area contributed by atoms with E-state index in [1.165, 1.54) is 22.2 Å². The number of aromatic nitrogens is 1. The van der Waals surface area contributed by atoms with Crippen LogP contribution in [0, 0.1) is 13.8 Å². The molecule has 0 fully saturated rings. The molecule has 0 aliphatic heterocycles. The maximum atomic E-state index is 11.3. The van der Waals surface area contributed by atoms with Crippen molar-refractivity contribution in [3.63, 3.8) is 0 Å². The lowest BCUT2D eigenvalue weighted by atomic mass is 10.2. The van der Waals surface area contributed by atoms with E-state index in [0.29, 0.717) is 6.61 Å². The average Bonchev–Trinajstić information content (AvgIpc) is 2.92. The number of para-hydroxylation sites is 1. The molecule has 0 unspecified atom stereocenters. The molecule has 3 aromatic rings. The van der Waals surface area contributed by atoms with Gasteiger partial charge in [0, 0.05) is 16.6 Å². The third-order valence-corrected chi connectivity index (χ3v) is 4.75. The van der Waals surface area contributed by atoms with Gasteiger partial charge in [-0.2, -0.15) is 0 Å². The van der Waals surface area contributed by atoms with Crippen molar-refractivity contribution in [1.29, 1.82) is 0 Å². The third-order valence-electron chi connectivity index (χ3n) is 4.75. The lowest BCUT2D eigenvalue weighted by Gasteiger charge is -2.11. The molecular formula is C22H23NO5. The number of hydrogen-bond acceptors (Lipinski definition) is 4. The zero-order valence-corrected chi connectivity index (χ0v) is 16.0. The normalized spacial score (nSPS) is 10.8. The quantitative estimate of drug-likeness (QED) is 0.474. The first-order valence-corrected chi connectivity index (χ1v) is 9.09. The van der Waals surface area contributed by atoms with E-state index in [1.807, 2.05) is 18.2 Å². The fourth-order valence-corrected chi connectivity index (χ4v) is 3.17. The van der Waals surface area contributed by atoms with Crippen molar-refractivity contribution in [2.45, 2.75) is 33.4 Å². The van der Waals surface area contributed by atoms with Gasteiger partial charge in [-0.3, -0.25) is 9.59 Å². The van der Waals surface area contributed by atoms with Crippen LogP contribution in [0.25, 0.3) is 10.9 Å². The fraction of sp³-hybridized carbons (Fsp3) is 0.273. The van der Waals surface area contributed by atoms with E-state index in [9.17, 15) is 9.59 Å². The van der Waals surface area contributed by atoms with Crippen LogP contribution in [0.3, 0.4) is 0 Å². The summed E-state index contributed by atoms with van der Waals surface area (Å²) in [4.78, 5) is 21.7. The molecular weight excluding hydrogens is 358 g/mol. The summed E-state index contributed by atoms with van der Waals surface area (Å²) in [7, 11) is 0. The zero-order valence-electron chi connectivity index (χ0n) is 16.0. The minimum absolute atomic E-state index is 0.0419. The Balaban J connectivity index is 1.54. The lowest BCUT2D eigenvalue weighted by molar-refractivity contribution is -0.152. The van der Waals surface area contributed by atoms with E-state index in [-0.39, 0.29) is 6.61 Å². The standard InChI is InChI=1S/C22H23NO5/c1-15-16(2)23(20-6-4-3-5-19(15)20)11-12-27-18-9-7-17(8-10-18)14-28-22(26)13-21(24)25/h3-10H,11-14H2,1-2H3,(H,24,25). The minimum Gasteiger partial charge on any atom is -0.492 e. The fourth-order valence-electron chi connectivity index (χ4n) is 3.17. The Hall–Kier alpha value is -3.28. The molecule has 0 aliphatic rings. The smallest absolute Gasteiger partial charge is 0.317 e. The number of esters is 1. The highest BCUT2D eigenvalue weighted by molar-refractivity contribution is 5.90. The summed E-state index contributed by atoms with van der Waals surface area (Å²) in [5, 5.41) is 9.81. The van der Waals surface area contributed by atoms with Crippen LogP contribution in [0.1, 0.15) is 23.2 Å². The minimum atomic E-state index is -1.20. The molecule has 1 heterocycles. The molecule has 6 heteroatoms. The van der Waals surface area contributed by atoms with E-state index in [2.05, 4.69) is 36.6 Å². The number of carbonyl (C=O) groups is 2. The van der Waals surface area contributed by atoms with E-state index in [4.69, 9.17) is 14.6 Å². The second kappa shape index (κ2) is 8.61. The molecule has 0 saturated heterocycles.